The van der Waals surface area contributed by atoms with Crippen LogP contribution in [0.3, 0.4) is 0 Å². The molecule has 2 heterocycles. The van der Waals surface area contributed by atoms with Gasteiger partial charge in [-0.05, 0) is 30.3 Å². The molecule has 2 aromatic rings. The van der Waals surface area contributed by atoms with E-state index in [-0.39, 0.29) is 0 Å². The number of piperazine rings is 1. The fourth-order valence-corrected chi connectivity index (χ4v) is 2.64. The van der Waals surface area contributed by atoms with E-state index in [1.165, 1.54) is 11.4 Å². The number of aromatic nitrogens is 1. The SMILES string of the molecule is Clc1cccc(N2CCN(c3ccncc3)CC2)c1. The second-order valence-electron chi connectivity index (χ2n) is 4.66. The highest BCUT2D eigenvalue weighted by molar-refractivity contribution is 6.30. The monoisotopic (exact) mass is 273 g/mol. The lowest BCUT2D eigenvalue weighted by atomic mass is 10.2. The summed E-state index contributed by atoms with van der Waals surface area (Å²) in [4.78, 5) is 8.83. The van der Waals surface area contributed by atoms with Crippen LogP contribution in [0.2, 0.25) is 5.02 Å². The van der Waals surface area contributed by atoms with Crippen molar-refractivity contribution in [2.24, 2.45) is 0 Å². The summed E-state index contributed by atoms with van der Waals surface area (Å²) in [5, 5.41) is 0.800. The third-order valence-electron chi connectivity index (χ3n) is 3.48. The maximum atomic E-state index is 6.04. The fraction of sp³-hybridized carbons (Fsp3) is 0.267. The summed E-state index contributed by atoms with van der Waals surface area (Å²) in [7, 11) is 0. The molecule has 0 aliphatic carbocycles. The molecule has 0 bridgehead atoms. The number of nitrogens with zero attached hydrogens (tertiary/aromatic N) is 3. The first-order valence-corrected chi connectivity index (χ1v) is 6.86. The molecule has 1 aromatic heterocycles. The molecule has 19 heavy (non-hydrogen) atoms. The van der Waals surface area contributed by atoms with Crippen LogP contribution in [0.1, 0.15) is 0 Å². The first-order valence-electron chi connectivity index (χ1n) is 6.48. The number of rotatable bonds is 2. The standard InChI is InChI=1S/C15H16ClN3/c16-13-2-1-3-15(12-13)19-10-8-18(9-11-19)14-4-6-17-7-5-14/h1-7,12H,8-11H2. The molecule has 0 N–H and O–H groups in total. The van der Waals surface area contributed by atoms with Crippen molar-refractivity contribution in [3.05, 3.63) is 53.8 Å². The second-order valence-corrected chi connectivity index (χ2v) is 5.10. The van der Waals surface area contributed by atoms with Crippen LogP contribution in [0, 0.1) is 0 Å². The average Bonchev–Trinajstić information content (AvgIpc) is 2.48. The third-order valence-corrected chi connectivity index (χ3v) is 3.72. The summed E-state index contributed by atoms with van der Waals surface area (Å²) < 4.78 is 0. The van der Waals surface area contributed by atoms with Crippen LogP contribution in [-0.4, -0.2) is 31.2 Å². The molecule has 4 heteroatoms. The van der Waals surface area contributed by atoms with Gasteiger partial charge in [-0.15, -0.1) is 0 Å². The Morgan fingerprint density at radius 3 is 2.11 bits per heavy atom. The Morgan fingerprint density at radius 2 is 1.47 bits per heavy atom. The van der Waals surface area contributed by atoms with E-state index in [9.17, 15) is 0 Å². The zero-order chi connectivity index (χ0) is 13.1. The highest BCUT2D eigenvalue weighted by Gasteiger charge is 2.17. The first kappa shape index (κ1) is 12.3. The van der Waals surface area contributed by atoms with Gasteiger partial charge >= 0.3 is 0 Å². The van der Waals surface area contributed by atoms with Crippen molar-refractivity contribution in [2.75, 3.05) is 36.0 Å². The van der Waals surface area contributed by atoms with E-state index >= 15 is 0 Å². The Kier molecular flexibility index (Phi) is 3.56. The Morgan fingerprint density at radius 1 is 0.842 bits per heavy atom. The van der Waals surface area contributed by atoms with E-state index in [0.29, 0.717) is 0 Å². The van der Waals surface area contributed by atoms with E-state index in [2.05, 4.69) is 33.0 Å². The van der Waals surface area contributed by atoms with Crippen molar-refractivity contribution in [3.8, 4) is 0 Å². The smallest absolute Gasteiger partial charge is 0.0426 e. The Balaban J connectivity index is 1.67. The van der Waals surface area contributed by atoms with E-state index in [0.717, 1.165) is 31.2 Å². The Hall–Kier alpha value is -1.74. The quantitative estimate of drug-likeness (QED) is 0.838. The summed E-state index contributed by atoms with van der Waals surface area (Å²) in [6.45, 7) is 4.08. The van der Waals surface area contributed by atoms with E-state index in [4.69, 9.17) is 11.6 Å². The molecule has 0 atom stereocenters. The van der Waals surface area contributed by atoms with Gasteiger partial charge in [0.15, 0.2) is 0 Å². The fourth-order valence-electron chi connectivity index (χ4n) is 2.45. The van der Waals surface area contributed by atoms with Gasteiger partial charge in [-0.1, -0.05) is 17.7 Å². The molecule has 1 fully saturated rings. The van der Waals surface area contributed by atoms with Crippen LogP contribution in [-0.2, 0) is 0 Å². The molecule has 0 amide bonds. The molecule has 1 saturated heterocycles. The van der Waals surface area contributed by atoms with E-state index in [1.54, 1.807) is 0 Å². The molecule has 0 spiro atoms. The minimum Gasteiger partial charge on any atom is -0.368 e. The molecule has 0 saturated carbocycles. The second kappa shape index (κ2) is 5.49. The summed E-state index contributed by atoms with van der Waals surface area (Å²) in [5.74, 6) is 0. The lowest BCUT2D eigenvalue weighted by Crippen LogP contribution is -2.46. The number of halogens is 1. The van der Waals surface area contributed by atoms with Crippen LogP contribution in [0.25, 0.3) is 0 Å². The van der Waals surface area contributed by atoms with E-state index in [1.807, 2.05) is 30.6 Å². The van der Waals surface area contributed by atoms with Gasteiger partial charge in [0.25, 0.3) is 0 Å². The lowest BCUT2D eigenvalue weighted by molar-refractivity contribution is 0.653. The van der Waals surface area contributed by atoms with Crippen LogP contribution in [0.5, 0.6) is 0 Å². The molecule has 1 aromatic carbocycles. The van der Waals surface area contributed by atoms with Crippen molar-refractivity contribution >= 4 is 23.0 Å². The minimum atomic E-state index is 0.800. The predicted octanol–water partition coefficient (Wildman–Crippen LogP) is 3.06. The first-order chi connectivity index (χ1) is 9.33. The molecule has 98 valence electrons. The Labute approximate surface area is 118 Å². The van der Waals surface area contributed by atoms with Crippen LogP contribution in [0.15, 0.2) is 48.8 Å². The van der Waals surface area contributed by atoms with E-state index < -0.39 is 0 Å². The number of benzene rings is 1. The zero-order valence-electron chi connectivity index (χ0n) is 10.7. The maximum absolute atomic E-state index is 6.04. The van der Waals surface area contributed by atoms with Crippen molar-refractivity contribution < 1.29 is 0 Å². The summed E-state index contributed by atoms with van der Waals surface area (Å²) in [6.07, 6.45) is 3.69. The normalized spacial score (nSPS) is 15.6. The predicted molar refractivity (Wildman–Crippen MR) is 80.1 cm³/mol. The number of hydrogen-bond donors (Lipinski definition) is 0. The van der Waals surface area contributed by atoms with Crippen LogP contribution >= 0.6 is 11.6 Å². The van der Waals surface area contributed by atoms with Crippen LogP contribution in [0.4, 0.5) is 11.4 Å². The molecule has 0 radical (unpaired) electrons. The zero-order valence-corrected chi connectivity index (χ0v) is 11.4. The lowest BCUT2D eigenvalue weighted by Gasteiger charge is -2.37. The summed E-state index contributed by atoms with van der Waals surface area (Å²) in [5.41, 5.74) is 2.46. The van der Waals surface area contributed by atoms with Gasteiger partial charge in [0, 0.05) is 55.0 Å². The molecular formula is C15H16ClN3. The molecular weight excluding hydrogens is 258 g/mol. The summed E-state index contributed by atoms with van der Waals surface area (Å²) in [6, 6.07) is 12.2. The molecule has 1 aliphatic heterocycles. The largest absolute Gasteiger partial charge is 0.368 e. The van der Waals surface area contributed by atoms with Gasteiger partial charge < -0.3 is 9.80 Å². The number of pyridine rings is 1. The van der Waals surface area contributed by atoms with Gasteiger partial charge in [0.2, 0.25) is 0 Å². The molecule has 3 nitrogen and oxygen atoms in total. The third kappa shape index (κ3) is 2.82. The molecule has 1 aliphatic rings. The number of anilines is 2. The van der Waals surface area contributed by atoms with Gasteiger partial charge in [0.05, 0.1) is 0 Å². The van der Waals surface area contributed by atoms with Crippen molar-refractivity contribution in [1.82, 2.24) is 4.98 Å². The van der Waals surface area contributed by atoms with Crippen molar-refractivity contribution in [2.45, 2.75) is 0 Å². The van der Waals surface area contributed by atoms with Crippen LogP contribution < -0.4 is 9.80 Å². The van der Waals surface area contributed by atoms with Gasteiger partial charge in [-0.25, -0.2) is 0 Å². The minimum absolute atomic E-state index is 0.800. The molecule has 0 unspecified atom stereocenters. The summed E-state index contributed by atoms with van der Waals surface area (Å²) >= 11 is 6.04. The van der Waals surface area contributed by atoms with Gasteiger partial charge in [-0.3, -0.25) is 4.98 Å². The highest BCUT2D eigenvalue weighted by atomic mass is 35.5. The number of hydrogen-bond acceptors (Lipinski definition) is 3. The van der Waals surface area contributed by atoms with Gasteiger partial charge in [-0.2, -0.15) is 0 Å². The maximum Gasteiger partial charge on any atom is 0.0426 e. The topological polar surface area (TPSA) is 19.4 Å². The average molecular weight is 274 g/mol. The highest BCUT2D eigenvalue weighted by Crippen LogP contribution is 2.22. The Bertz CT molecular complexity index is 536. The van der Waals surface area contributed by atoms with Gasteiger partial charge in [0.1, 0.15) is 0 Å². The van der Waals surface area contributed by atoms with Crippen molar-refractivity contribution in [3.63, 3.8) is 0 Å². The molecule has 3 rings (SSSR count). The van der Waals surface area contributed by atoms with Crippen molar-refractivity contribution in [1.29, 1.82) is 0 Å².